The molecule has 3 aromatic heterocycles. The summed E-state index contributed by atoms with van der Waals surface area (Å²) in [6, 6.07) is 21.5. The number of carbonyl (C=O) groups is 1. The molecule has 0 bridgehead atoms. The number of hydrogen-bond acceptors (Lipinski definition) is 5. The van der Waals surface area contributed by atoms with Crippen molar-refractivity contribution in [3.05, 3.63) is 100 Å². The van der Waals surface area contributed by atoms with Crippen LogP contribution < -0.4 is 10.6 Å². The van der Waals surface area contributed by atoms with Crippen LogP contribution in [0, 0.1) is 6.92 Å². The van der Waals surface area contributed by atoms with Gasteiger partial charge < -0.3 is 15.1 Å². The maximum absolute atomic E-state index is 12.7. The van der Waals surface area contributed by atoms with E-state index < -0.39 is 0 Å². The number of pyridine rings is 1. The number of furan rings is 1. The van der Waals surface area contributed by atoms with Crippen molar-refractivity contribution >= 4 is 28.1 Å². The molecule has 152 valence electrons. The molecule has 2 N–H and O–H groups in total. The third-order valence-corrected chi connectivity index (χ3v) is 5.97. The minimum atomic E-state index is -0.258. The molecule has 0 radical (unpaired) electrons. The van der Waals surface area contributed by atoms with E-state index in [2.05, 4.69) is 40.7 Å². The lowest BCUT2D eigenvalue weighted by Gasteiger charge is -2.21. The third-order valence-electron chi connectivity index (χ3n) is 4.76. The van der Waals surface area contributed by atoms with Gasteiger partial charge in [-0.1, -0.05) is 43.3 Å². The van der Waals surface area contributed by atoms with Crippen molar-refractivity contribution in [1.82, 2.24) is 4.98 Å². The van der Waals surface area contributed by atoms with Gasteiger partial charge in [0.15, 0.2) is 5.76 Å². The van der Waals surface area contributed by atoms with Crippen molar-refractivity contribution < 1.29 is 9.21 Å². The van der Waals surface area contributed by atoms with Gasteiger partial charge in [-0.2, -0.15) is 0 Å². The summed E-state index contributed by atoms with van der Waals surface area (Å²) in [6.07, 6.45) is 2.39. The monoisotopic (exact) mass is 417 g/mol. The number of aryl methyl sites for hydroxylation is 2. The Morgan fingerprint density at radius 1 is 1.10 bits per heavy atom. The van der Waals surface area contributed by atoms with Crippen molar-refractivity contribution in [2.45, 2.75) is 26.3 Å². The molecule has 4 rings (SSSR count). The number of amides is 1. The van der Waals surface area contributed by atoms with Crippen molar-refractivity contribution in [3.63, 3.8) is 0 Å². The smallest absolute Gasteiger partial charge is 0.291 e. The van der Waals surface area contributed by atoms with Gasteiger partial charge >= 0.3 is 0 Å². The van der Waals surface area contributed by atoms with Crippen molar-refractivity contribution in [2.75, 3.05) is 10.6 Å². The first-order valence-electron chi connectivity index (χ1n) is 9.86. The highest BCUT2D eigenvalue weighted by atomic mass is 32.1. The molecular formula is C24H23N3O2S. The summed E-state index contributed by atoms with van der Waals surface area (Å²) in [5, 5.41) is 7.41. The molecule has 0 spiro atoms. The summed E-state index contributed by atoms with van der Waals surface area (Å²) in [6.45, 7) is 4.08. The second-order valence-corrected chi connectivity index (χ2v) is 8.07. The Hall–Kier alpha value is -3.38. The number of hydrogen-bond donors (Lipinski definition) is 2. The van der Waals surface area contributed by atoms with Crippen LogP contribution in [0.15, 0.2) is 77.4 Å². The predicted molar refractivity (Wildman–Crippen MR) is 121 cm³/mol. The molecule has 3 heterocycles. The maximum Gasteiger partial charge on any atom is 0.291 e. The number of thiophene rings is 1. The average Bonchev–Trinajstić information content (AvgIpc) is 3.43. The van der Waals surface area contributed by atoms with Crippen LogP contribution in [-0.4, -0.2) is 10.9 Å². The van der Waals surface area contributed by atoms with Crippen LogP contribution in [0.1, 0.15) is 45.2 Å². The Labute approximate surface area is 179 Å². The molecule has 0 saturated heterocycles. The number of benzene rings is 1. The summed E-state index contributed by atoms with van der Waals surface area (Å²) in [7, 11) is 0. The van der Waals surface area contributed by atoms with Gasteiger partial charge in [-0.15, -0.1) is 11.3 Å². The Bertz CT molecular complexity index is 1120. The van der Waals surface area contributed by atoms with E-state index in [0.29, 0.717) is 0 Å². The van der Waals surface area contributed by atoms with Crippen LogP contribution >= 0.6 is 11.3 Å². The normalized spacial score (nSPS) is 11.8. The van der Waals surface area contributed by atoms with Gasteiger partial charge in [0.1, 0.15) is 10.8 Å². The molecule has 0 aliphatic carbocycles. The van der Waals surface area contributed by atoms with Crippen LogP contribution in [0.4, 0.5) is 10.8 Å². The van der Waals surface area contributed by atoms with E-state index in [1.807, 2.05) is 43.3 Å². The zero-order chi connectivity index (χ0) is 20.9. The maximum atomic E-state index is 12.7. The van der Waals surface area contributed by atoms with E-state index in [9.17, 15) is 4.79 Å². The molecule has 1 amide bonds. The lowest BCUT2D eigenvalue weighted by molar-refractivity contribution is 0.0997. The summed E-state index contributed by atoms with van der Waals surface area (Å²) in [4.78, 5) is 18.5. The molecule has 0 saturated carbocycles. The molecular weight excluding hydrogens is 394 g/mol. The summed E-state index contributed by atoms with van der Waals surface area (Å²) >= 11 is 1.59. The first-order chi connectivity index (χ1) is 14.6. The molecule has 1 atom stereocenters. The number of anilines is 2. The number of aromatic nitrogens is 1. The van der Waals surface area contributed by atoms with Gasteiger partial charge in [-0.3, -0.25) is 4.79 Å². The zero-order valence-corrected chi connectivity index (χ0v) is 17.7. The highest BCUT2D eigenvalue weighted by Crippen LogP contribution is 2.38. The molecule has 0 aliphatic heterocycles. The van der Waals surface area contributed by atoms with Gasteiger partial charge in [0, 0.05) is 16.1 Å². The fourth-order valence-corrected chi connectivity index (χ4v) is 4.31. The van der Waals surface area contributed by atoms with Crippen LogP contribution in [-0.2, 0) is 6.42 Å². The Kier molecular flexibility index (Phi) is 5.95. The average molecular weight is 418 g/mol. The van der Waals surface area contributed by atoms with E-state index >= 15 is 0 Å². The lowest BCUT2D eigenvalue weighted by atomic mass is 9.99. The van der Waals surface area contributed by atoms with Crippen molar-refractivity contribution in [2.24, 2.45) is 0 Å². The fourth-order valence-electron chi connectivity index (χ4n) is 3.27. The molecule has 0 unspecified atom stereocenters. The van der Waals surface area contributed by atoms with E-state index in [1.165, 1.54) is 11.1 Å². The molecule has 5 nitrogen and oxygen atoms in total. The molecule has 4 aromatic rings. The van der Waals surface area contributed by atoms with Crippen molar-refractivity contribution in [1.29, 1.82) is 0 Å². The second kappa shape index (κ2) is 8.97. The van der Waals surface area contributed by atoms with E-state index in [1.54, 1.807) is 23.5 Å². The number of rotatable bonds is 7. The highest BCUT2D eigenvalue weighted by Gasteiger charge is 2.23. The highest BCUT2D eigenvalue weighted by molar-refractivity contribution is 7.16. The lowest BCUT2D eigenvalue weighted by Crippen LogP contribution is -2.17. The standard InChI is InChI=1S/C24H23N3O2S/c1-3-18-15-19(24(30-18)27-23(28)20-12-8-14-29-20)22(17-10-5-4-6-11-17)26-21-13-7-9-16(2)25-21/h4-15,22H,3H2,1-2H3,(H,25,26)(H,27,28)/t22-/m1/s1. The molecule has 1 aromatic carbocycles. The van der Waals surface area contributed by atoms with Crippen LogP contribution in [0.25, 0.3) is 0 Å². The third kappa shape index (κ3) is 4.44. The van der Waals surface area contributed by atoms with Gasteiger partial charge in [-0.05, 0) is 49.2 Å². The summed E-state index contributed by atoms with van der Waals surface area (Å²) in [5.74, 6) is 0.819. The van der Waals surface area contributed by atoms with E-state index in [-0.39, 0.29) is 17.7 Å². The quantitative estimate of drug-likeness (QED) is 0.383. The topological polar surface area (TPSA) is 67.2 Å². The Morgan fingerprint density at radius 2 is 1.93 bits per heavy atom. The van der Waals surface area contributed by atoms with Gasteiger partial charge in [0.05, 0.1) is 12.3 Å². The molecule has 6 heteroatoms. The minimum Gasteiger partial charge on any atom is -0.459 e. The molecule has 0 fully saturated rings. The van der Waals surface area contributed by atoms with E-state index in [0.717, 1.165) is 34.1 Å². The fraction of sp³-hybridized carbons (Fsp3) is 0.167. The summed E-state index contributed by atoms with van der Waals surface area (Å²) in [5.41, 5.74) is 3.04. The number of nitrogens with zero attached hydrogens (tertiary/aromatic N) is 1. The summed E-state index contributed by atoms with van der Waals surface area (Å²) < 4.78 is 5.26. The van der Waals surface area contributed by atoms with Gasteiger partial charge in [0.2, 0.25) is 0 Å². The van der Waals surface area contributed by atoms with Crippen LogP contribution in [0.2, 0.25) is 0 Å². The van der Waals surface area contributed by atoms with Crippen LogP contribution in [0.5, 0.6) is 0 Å². The second-order valence-electron chi connectivity index (χ2n) is 6.93. The predicted octanol–water partition coefficient (Wildman–Crippen LogP) is 6.06. The Morgan fingerprint density at radius 3 is 2.63 bits per heavy atom. The van der Waals surface area contributed by atoms with Gasteiger partial charge in [-0.25, -0.2) is 4.98 Å². The van der Waals surface area contributed by atoms with E-state index in [4.69, 9.17) is 4.42 Å². The van der Waals surface area contributed by atoms with Crippen LogP contribution in [0.3, 0.4) is 0 Å². The molecule has 30 heavy (non-hydrogen) atoms. The number of carbonyl (C=O) groups excluding carboxylic acids is 1. The van der Waals surface area contributed by atoms with Gasteiger partial charge in [0.25, 0.3) is 5.91 Å². The first kappa shape index (κ1) is 19.9. The van der Waals surface area contributed by atoms with Crippen molar-refractivity contribution in [3.8, 4) is 0 Å². The first-order valence-corrected chi connectivity index (χ1v) is 10.7. The number of nitrogens with one attached hydrogen (secondary N) is 2. The Balaban J connectivity index is 1.74. The minimum absolute atomic E-state index is 0.163. The SMILES string of the molecule is CCc1cc([C@H](Nc2cccc(C)n2)c2ccccc2)c(NC(=O)c2ccco2)s1. The zero-order valence-electron chi connectivity index (χ0n) is 16.9. The molecule has 0 aliphatic rings. The largest absolute Gasteiger partial charge is 0.459 e.